The minimum absolute atomic E-state index is 0.557. The van der Waals surface area contributed by atoms with Crippen LogP contribution in [0.25, 0.3) is 0 Å². The van der Waals surface area contributed by atoms with Gasteiger partial charge < -0.3 is 10.1 Å². The highest BCUT2D eigenvalue weighted by atomic mass is 16.5. The summed E-state index contributed by atoms with van der Waals surface area (Å²) in [5.41, 5.74) is 1.42. The highest BCUT2D eigenvalue weighted by molar-refractivity contribution is 5.29. The van der Waals surface area contributed by atoms with Gasteiger partial charge in [-0.2, -0.15) is 0 Å². The lowest BCUT2D eigenvalue weighted by atomic mass is 9.91. The van der Waals surface area contributed by atoms with Crippen LogP contribution in [-0.4, -0.2) is 38.7 Å². The van der Waals surface area contributed by atoms with Crippen molar-refractivity contribution in [3.05, 3.63) is 29.8 Å². The Morgan fingerprint density at radius 1 is 1.24 bits per heavy atom. The second kappa shape index (κ2) is 8.40. The summed E-state index contributed by atoms with van der Waals surface area (Å²) in [4.78, 5) is 2.66. The number of methoxy groups -OCH3 is 1. The van der Waals surface area contributed by atoms with Crippen LogP contribution >= 0.6 is 0 Å². The van der Waals surface area contributed by atoms with Gasteiger partial charge in [0.2, 0.25) is 0 Å². The molecule has 0 spiro atoms. The number of hydrogen-bond donors (Lipinski definition) is 1. The van der Waals surface area contributed by atoms with Gasteiger partial charge in [-0.15, -0.1) is 0 Å². The van der Waals surface area contributed by atoms with Crippen molar-refractivity contribution in [3.8, 4) is 5.75 Å². The highest BCUT2D eigenvalue weighted by Crippen LogP contribution is 2.30. The van der Waals surface area contributed by atoms with Crippen molar-refractivity contribution >= 4 is 0 Å². The lowest BCUT2D eigenvalue weighted by Gasteiger charge is -2.37. The van der Waals surface area contributed by atoms with E-state index in [1.807, 2.05) is 7.05 Å². The lowest BCUT2D eigenvalue weighted by Crippen LogP contribution is -2.37. The molecule has 3 nitrogen and oxygen atoms in total. The molecule has 1 fully saturated rings. The third-order valence-corrected chi connectivity index (χ3v) is 4.78. The van der Waals surface area contributed by atoms with Crippen molar-refractivity contribution in [1.29, 1.82) is 0 Å². The Kier molecular flexibility index (Phi) is 6.52. The standard InChI is InChI=1S/C18H30N2O/c1-4-18(16-5-7-17(21-3)8-6-16)20-13-10-15(11-14-20)9-12-19-2/h5-8,15,18-19H,4,9-14H2,1-3H3. The first kappa shape index (κ1) is 16.3. The molecule has 1 saturated heterocycles. The molecule has 0 saturated carbocycles. The topological polar surface area (TPSA) is 24.5 Å². The van der Waals surface area contributed by atoms with Crippen LogP contribution in [0.2, 0.25) is 0 Å². The van der Waals surface area contributed by atoms with Crippen LogP contribution in [0.1, 0.15) is 44.2 Å². The van der Waals surface area contributed by atoms with Crippen molar-refractivity contribution < 1.29 is 4.74 Å². The second-order valence-corrected chi connectivity index (χ2v) is 6.07. The van der Waals surface area contributed by atoms with Gasteiger partial charge in [-0.1, -0.05) is 19.1 Å². The molecular weight excluding hydrogens is 260 g/mol. The number of benzene rings is 1. The molecule has 1 unspecified atom stereocenters. The van der Waals surface area contributed by atoms with E-state index in [-0.39, 0.29) is 0 Å². The molecular formula is C18H30N2O. The molecule has 1 aliphatic heterocycles. The molecule has 2 rings (SSSR count). The predicted octanol–water partition coefficient (Wildman–Crippen LogP) is 3.47. The Bertz CT molecular complexity index is 396. The summed E-state index contributed by atoms with van der Waals surface area (Å²) in [6.45, 7) is 5.92. The van der Waals surface area contributed by atoms with Gasteiger partial charge in [-0.25, -0.2) is 0 Å². The highest BCUT2D eigenvalue weighted by Gasteiger charge is 2.24. The fraction of sp³-hybridized carbons (Fsp3) is 0.667. The van der Waals surface area contributed by atoms with Gasteiger partial charge in [0.05, 0.1) is 7.11 Å². The number of piperidine rings is 1. The summed E-state index contributed by atoms with van der Waals surface area (Å²) in [5.74, 6) is 1.85. The number of likely N-dealkylation sites (tertiary alicyclic amines) is 1. The van der Waals surface area contributed by atoms with Crippen molar-refractivity contribution in [2.75, 3.05) is 33.8 Å². The fourth-order valence-electron chi connectivity index (χ4n) is 3.43. The van der Waals surface area contributed by atoms with Crippen molar-refractivity contribution in [1.82, 2.24) is 10.2 Å². The first-order valence-electron chi connectivity index (χ1n) is 8.31. The molecule has 1 aromatic rings. The van der Waals surface area contributed by atoms with E-state index in [4.69, 9.17) is 4.74 Å². The normalized spacial score (nSPS) is 18.6. The van der Waals surface area contributed by atoms with Crippen LogP contribution in [0.15, 0.2) is 24.3 Å². The molecule has 0 amide bonds. The number of nitrogens with zero attached hydrogens (tertiary/aromatic N) is 1. The van der Waals surface area contributed by atoms with Crippen LogP contribution in [0, 0.1) is 5.92 Å². The zero-order valence-electron chi connectivity index (χ0n) is 13.8. The molecule has 1 atom stereocenters. The van der Waals surface area contributed by atoms with Gasteiger partial charge in [-0.3, -0.25) is 4.90 Å². The molecule has 1 heterocycles. The van der Waals surface area contributed by atoms with Gasteiger partial charge in [0.15, 0.2) is 0 Å². The zero-order valence-corrected chi connectivity index (χ0v) is 13.8. The minimum atomic E-state index is 0.557. The predicted molar refractivity (Wildman–Crippen MR) is 88.9 cm³/mol. The van der Waals surface area contributed by atoms with Gasteiger partial charge in [-0.05, 0) is 76.0 Å². The lowest BCUT2D eigenvalue weighted by molar-refractivity contribution is 0.126. The summed E-state index contributed by atoms with van der Waals surface area (Å²) in [6.07, 6.45) is 5.18. The molecule has 0 aromatic heterocycles. The molecule has 3 heteroatoms. The Hall–Kier alpha value is -1.06. The van der Waals surface area contributed by atoms with Gasteiger partial charge in [0, 0.05) is 6.04 Å². The number of nitrogens with one attached hydrogen (secondary N) is 1. The maximum atomic E-state index is 5.26. The van der Waals surface area contributed by atoms with Crippen molar-refractivity contribution in [3.63, 3.8) is 0 Å². The van der Waals surface area contributed by atoms with Crippen molar-refractivity contribution in [2.24, 2.45) is 5.92 Å². The minimum Gasteiger partial charge on any atom is -0.497 e. The van der Waals surface area contributed by atoms with E-state index in [9.17, 15) is 0 Å². The van der Waals surface area contributed by atoms with Crippen LogP contribution in [-0.2, 0) is 0 Å². The van der Waals surface area contributed by atoms with E-state index in [2.05, 4.69) is 41.4 Å². The average Bonchev–Trinajstić information content (AvgIpc) is 2.55. The van der Waals surface area contributed by atoms with Crippen LogP contribution in [0.5, 0.6) is 5.75 Å². The molecule has 1 aliphatic rings. The number of hydrogen-bond acceptors (Lipinski definition) is 3. The first-order valence-corrected chi connectivity index (χ1v) is 8.31. The Morgan fingerprint density at radius 3 is 2.43 bits per heavy atom. The van der Waals surface area contributed by atoms with Crippen molar-refractivity contribution in [2.45, 2.75) is 38.6 Å². The molecule has 1 aromatic carbocycles. The third kappa shape index (κ3) is 4.45. The summed E-state index contributed by atoms with van der Waals surface area (Å²) >= 11 is 0. The van der Waals surface area contributed by atoms with Crippen LogP contribution in [0.3, 0.4) is 0 Å². The molecule has 0 bridgehead atoms. The van der Waals surface area contributed by atoms with E-state index in [0.29, 0.717) is 6.04 Å². The fourth-order valence-corrected chi connectivity index (χ4v) is 3.43. The van der Waals surface area contributed by atoms with E-state index >= 15 is 0 Å². The summed E-state index contributed by atoms with van der Waals surface area (Å²) in [6, 6.07) is 9.16. The third-order valence-electron chi connectivity index (χ3n) is 4.78. The van der Waals surface area contributed by atoms with Gasteiger partial charge >= 0.3 is 0 Å². The van der Waals surface area contributed by atoms with E-state index in [0.717, 1.165) is 18.2 Å². The summed E-state index contributed by atoms with van der Waals surface area (Å²) in [7, 11) is 3.77. The van der Waals surface area contributed by atoms with Gasteiger partial charge in [0.25, 0.3) is 0 Å². The van der Waals surface area contributed by atoms with E-state index in [1.54, 1.807) is 7.11 Å². The molecule has 0 radical (unpaired) electrons. The zero-order chi connectivity index (χ0) is 15.1. The Balaban J connectivity index is 1.92. The molecule has 0 aliphatic carbocycles. The number of ether oxygens (including phenoxy) is 1. The van der Waals surface area contributed by atoms with Gasteiger partial charge in [0.1, 0.15) is 5.75 Å². The van der Waals surface area contributed by atoms with Crippen LogP contribution < -0.4 is 10.1 Å². The molecule has 21 heavy (non-hydrogen) atoms. The smallest absolute Gasteiger partial charge is 0.118 e. The summed E-state index contributed by atoms with van der Waals surface area (Å²) < 4.78 is 5.26. The van der Waals surface area contributed by atoms with Crippen LogP contribution in [0.4, 0.5) is 0 Å². The van der Waals surface area contributed by atoms with E-state index < -0.39 is 0 Å². The number of rotatable bonds is 7. The average molecular weight is 290 g/mol. The Labute approximate surface area is 129 Å². The monoisotopic (exact) mass is 290 g/mol. The van der Waals surface area contributed by atoms with E-state index in [1.165, 1.54) is 44.3 Å². The largest absolute Gasteiger partial charge is 0.497 e. The first-order chi connectivity index (χ1) is 10.3. The maximum Gasteiger partial charge on any atom is 0.118 e. The quantitative estimate of drug-likeness (QED) is 0.832. The Morgan fingerprint density at radius 2 is 1.90 bits per heavy atom. The SMILES string of the molecule is CCC(c1ccc(OC)cc1)N1CCC(CCNC)CC1. The second-order valence-electron chi connectivity index (χ2n) is 6.07. The molecule has 1 N–H and O–H groups in total. The molecule has 118 valence electrons. The summed E-state index contributed by atoms with van der Waals surface area (Å²) in [5, 5.41) is 3.27. The maximum absolute atomic E-state index is 5.26.